The third-order valence-electron chi connectivity index (χ3n) is 2.67. The van der Waals surface area contributed by atoms with Crippen LogP contribution in [0.25, 0.3) is 0 Å². The molecule has 84 valence electrons. The Hall–Kier alpha value is -1.18. The van der Waals surface area contributed by atoms with Crippen LogP contribution < -0.4 is 10.1 Å². The fraction of sp³-hybridized carbons (Fsp3) is 0.538. The first-order chi connectivity index (χ1) is 7.17. The van der Waals surface area contributed by atoms with Crippen molar-refractivity contribution < 1.29 is 4.74 Å². The number of benzene rings is 1. The van der Waals surface area contributed by atoms with Gasteiger partial charge in [-0.2, -0.15) is 0 Å². The molecule has 1 unspecified atom stereocenters. The normalized spacial score (nSPS) is 12.6. The fourth-order valence-electron chi connectivity index (χ4n) is 1.67. The maximum absolute atomic E-state index is 5.19. The number of anilines is 1. The van der Waals surface area contributed by atoms with Crippen LogP contribution in [0.1, 0.15) is 27.2 Å². The Morgan fingerprint density at radius 3 is 2.60 bits per heavy atom. The molecule has 0 saturated heterocycles. The van der Waals surface area contributed by atoms with Gasteiger partial charge in [-0.3, -0.25) is 0 Å². The van der Waals surface area contributed by atoms with Gasteiger partial charge >= 0.3 is 0 Å². The average molecular weight is 207 g/mol. The summed E-state index contributed by atoms with van der Waals surface area (Å²) in [6.07, 6.45) is 1.13. The largest absolute Gasteiger partial charge is 0.497 e. The smallest absolute Gasteiger partial charge is 0.120 e. The van der Waals surface area contributed by atoms with Crippen molar-refractivity contribution in [1.29, 1.82) is 0 Å². The molecule has 0 aliphatic carbocycles. The molecule has 0 aliphatic rings. The molecule has 0 fully saturated rings. The minimum Gasteiger partial charge on any atom is -0.497 e. The standard InChI is InChI=1S/C13H21NO/c1-5-13(10(2)3)14-11-7-6-8-12(9-11)15-4/h6-10,13-14H,5H2,1-4H3. The quantitative estimate of drug-likeness (QED) is 0.797. The van der Waals surface area contributed by atoms with Crippen LogP contribution in [-0.4, -0.2) is 13.2 Å². The molecule has 0 bridgehead atoms. The zero-order chi connectivity index (χ0) is 11.3. The molecular formula is C13H21NO. The molecular weight excluding hydrogens is 186 g/mol. The summed E-state index contributed by atoms with van der Waals surface area (Å²) in [4.78, 5) is 0. The molecule has 0 aromatic heterocycles. The summed E-state index contributed by atoms with van der Waals surface area (Å²) in [5, 5.41) is 3.52. The van der Waals surface area contributed by atoms with Crippen LogP contribution in [0.15, 0.2) is 24.3 Å². The van der Waals surface area contributed by atoms with E-state index in [1.54, 1.807) is 7.11 Å². The maximum Gasteiger partial charge on any atom is 0.120 e. The zero-order valence-corrected chi connectivity index (χ0v) is 10.1. The van der Waals surface area contributed by atoms with E-state index in [1.807, 2.05) is 18.2 Å². The van der Waals surface area contributed by atoms with Crippen LogP contribution >= 0.6 is 0 Å². The van der Waals surface area contributed by atoms with Crippen molar-refractivity contribution in [2.24, 2.45) is 5.92 Å². The van der Waals surface area contributed by atoms with Crippen LogP contribution in [0.2, 0.25) is 0 Å². The van der Waals surface area contributed by atoms with Crippen LogP contribution in [-0.2, 0) is 0 Å². The number of methoxy groups -OCH3 is 1. The van der Waals surface area contributed by atoms with Crippen molar-refractivity contribution in [2.75, 3.05) is 12.4 Å². The molecule has 1 atom stereocenters. The molecule has 1 N–H and O–H groups in total. The van der Waals surface area contributed by atoms with Crippen LogP contribution in [0.5, 0.6) is 5.75 Å². The third-order valence-corrected chi connectivity index (χ3v) is 2.67. The first-order valence-corrected chi connectivity index (χ1v) is 5.58. The van der Waals surface area contributed by atoms with E-state index in [0.717, 1.165) is 17.9 Å². The number of hydrogen-bond donors (Lipinski definition) is 1. The maximum atomic E-state index is 5.19. The van der Waals surface area contributed by atoms with Gasteiger partial charge in [-0.1, -0.05) is 26.8 Å². The molecule has 0 spiro atoms. The van der Waals surface area contributed by atoms with Crippen molar-refractivity contribution in [1.82, 2.24) is 0 Å². The lowest BCUT2D eigenvalue weighted by atomic mass is 10.0. The molecule has 0 saturated carbocycles. The highest BCUT2D eigenvalue weighted by molar-refractivity contribution is 5.48. The van der Waals surface area contributed by atoms with Crippen molar-refractivity contribution >= 4 is 5.69 Å². The SMILES string of the molecule is CCC(Nc1cccc(OC)c1)C(C)C. The highest BCUT2D eigenvalue weighted by Crippen LogP contribution is 2.20. The van der Waals surface area contributed by atoms with Crippen LogP contribution in [0.4, 0.5) is 5.69 Å². The zero-order valence-electron chi connectivity index (χ0n) is 10.1. The van der Waals surface area contributed by atoms with Crippen LogP contribution in [0.3, 0.4) is 0 Å². The lowest BCUT2D eigenvalue weighted by Crippen LogP contribution is -2.24. The molecule has 0 amide bonds. The summed E-state index contributed by atoms with van der Waals surface area (Å²) in [5.41, 5.74) is 1.13. The lowest BCUT2D eigenvalue weighted by Gasteiger charge is -2.22. The summed E-state index contributed by atoms with van der Waals surface area (Å²) in [6, 6.07) is 8.60. The molecule has 1 rings (SSSR count). The van der Waals surface area contributed by atoms with E-state index in [9.17, 15) is 0 Å². The Morgan fingerprint density at radius 1 is 1.33 bits per heavy atom. The number of nitrogens with one attached hydrogen (secondary N) is 1. The Labute approximate surface area is 92.6 Å². The lowest BCUT2D eigenvalue weighted by molar-refractivity contribution is 0.415. The Kier molecular flexibility index (Phi) is 4.47. The topological polar surface area (TPSA) is 21.3 Å². The summed E-state index contributed by atoms with van der Waals surface area (Å²) >= 11 is 0. The first-order valence-electron chi connectivity index (χ1n) is 5.58. The first kappa shape index (κ1) is 11.9. The highest BCUT2D eigenvalue weighted by atomic mass is 16.5. The van der Waals surface area contributed by atoms with Gasteiger partial charge in [0, 0.05) is 17.8 Å². The monoisotopic (exact) mass is 207 g/mol. The second kappa shape index (κ2) is 5.64. The molecule has 0 aliphatic heterocycles. The van der Waals surface area contributed by atoms with Crippen molar-refractivity contribution in [3.8, 4) is 5.75 Å². The molecule has 2 heteroatoms. The van der Waals surface area contributed by atoms with Gasteiger partial charge in [0.1, 0.15) is 5.75 Å². The van der Waals surface area contributed by atoms with E-state index < -0.39 is 0 Å². The Balaban J connectivity index is 2.70. The van der Waals surface area contributed by atoms with Gasteiger partial charge in [0.2, 0.25) is 0 Å². The predicted octanol–water partition coefficient (Wildman–Crippen LogP) is 3.54. The summed E-state index contributed by atoms with van der Waals surface area (Å²) < 4.78 is 5.19. The summed E-state index contributed by atoms with van der Waals surface area (Å²) in [5.74, 6) is 1.54. The van der Waals surface area contributed by atoms with E-state index in [2.05, 4.69) is 32.2 Å². The van der Waals surface area contributed by atoms with Crippen molar-refractivity contribution in [3.63, 3.8) is 0 Å². The predicted molar refractivity (Wildman–Crippen MR) is 65.5 cm³/mol. The number of rotatable bonds is 5. The van der Waals surface area contributed by atoms with Gasteiger partial charge < -0.3 is 10.1 Å². The minimum atomic E-state index is 0.525. The molecule has 1 aromatic carbocycles. The Morgan fingerprint density at radius 2 is 2.07 bits per heavy atom. The molecule has 0 heterocycles. The van der Waals surface area contributed by atoms with E-state index >= 15 is 0 Å². The summed E-state index contributed by atoms with van der Waals surface area (Å²) in [6.45, 7) is 6.68. The van der Waals surface area contributed by atoms with Gasteiger partial charge in [0.05, 0.1) is 7.11 Å². The molecule has 0 radical (unpaired) electrons. The molecule has 15 heavy (non-hydrogen) atoms. The van der Waals surface area contributed by atoms with E-state index in [0.29, 0.717) is 12.0 Å². The molecule has 1 aromatic rings. The van der Waals surface area contributed by atoms with Gasteiger partial charge in [-0.15, -0.1) is 0 Å². The van der Waals surface area contributed by atoms with Crippen molar-refractivity contribution in [2.45, 2.75) is 33.2 Å². The highest BCUT2D eigenvalue weighted by Gasteiger charge is 2.10. The minimum absolute atomic E-state index is 0.525. The van der Waals surface area contributed by atoms with Gasteiger partial charge in [-0.05, 0) is 24.5 Å². The van der Waals surface area contributed by atoms with Crippen molar-refractivity contribution in [3.05, 3.63) is 24.3 Å². The second-order valence-corrected chi connectivity index (χ2v) is 4.14. The van der Waals surface area contributed by atoms with E-state index in [4.69, 9.17) is 4.74 Å². The van der Waals surface area contributed by atoms with E-state index in [1.165, 1.54) is 0 Å². The second-order valence-electron chi connectivity index (χ2n) is 4.14. The Bertz CT molecular complexity index is 296. The third kappa shape index (κ3) is 3.46. The van der Waals surface area contributed by atoms with Crippen LogP contribution in [0, 0.1) is 5.92 Å². The summed E-state index contributed by atoms with van der Waals surface area (Å²) in [7, 11) is 1.69. The number of hydrogen-bond acceptors (Lipinski definition) is 2. The fourth-order valence-corrected chi connectivity index (χ4v) is 1.67. The van der Waals surface area contributed by atoms with Gasteiger partial charge in [0.25, 0.3) is 0 Å². The van der Waals surface area contributed by atoms with E-state index in [-0.39, 0.29) is 0 Å². The molecule has 2 nitrogen and oxygen atoms in total. The van der Waals surface area contributed by atoms with Gasteiger partial charge in [-0.25, -0.2) is 0 Å². The van der Waals surface area contributed by atoms with Gasteiger partial charge in [0.15, 0.2) is 0 Å². The number of ether oxygens (including phenoxy) is 1. The average Bonchev–Trinajstić information content (AvgIpc) is 2.25.